The molecule has 2 heterocycles. The molecule has 1 N–H and O–H groups in total. The smallest absolute Gasteiger partial charge is 0.228 e. The van der Waals surface area contributed by atoms with Crippen LogP contribution in [0.2, 0.25) is 5.02 Å². The Morgan fingerprint density at radius 3 is 2.57 bits per heavy atom. The normalized spacial score (nSPS) is 15.0. The summed E-state index contributed by atoms with van der Waals surface area (Å²) in [5.41, 5.74) is 3.11. The van der Waals surface area contributed by atoms with Crippen LogP contribution >= 0.6 is 27.5 Å². The van der Waals surface area contributed by atoms with Crippen molar-refractivity contribution in [1.82, 2.24) is 9.55 Å². The Balaban J connectivity index is 1.89. The molecule has 0 spiro atoms. The molecule has 3 aromatic carbocycles. The lowest BCUT2D eigenvalue weighted by molar-refractivity contribution is 0.430. The van der Waals surface area contributed by atoms with Crippen LogP contribution in [0.1, 0.15) is 22.6 Å². The zero-order valence-corrected chi connectivity index (χ0v) is 17.3. The highest BCUT2D eigenvalue weighted by molar-refractivity contribution is 9.10. The van der Waals surface area contributed by atoms with Crippen molar-refractivity contribution >= 4 is 38.3 Å². The van der Waals surface area contributed by atoms with E-state index >= 15 is 0 Å². The first-order valence-electron chi connectivity index (χ1n) is 8.79. The third-order valence-corrected chi connectivity index (χ3v) is 6.00. The molecule has 28 heavy (non-hydrogen) atoms. The Kier molecular flexibility index (Phi) is 4.03. The van der Waals surface area contributed by atoms with Crippen molar-refractivity contribution in [2.45, 2.75) is 5.92 Å². The molecular weight excluding hydrogens is 438 g/mol. The molecule has 0 bridgehead atoms. The van der Waals surface area contributed by atoms with E-state index in [4.69, 9.17) is 21.7 Å². The fourth-order valence-electron chi connectivity index (χ4n) is 3.81. The Bertz CT molecular complexity index is 1300. The fraction of sp³-hybridized carbons (Fsp3) is 0.0909. The topological polar surface area (TPSA) is 50.9 Å². The first-order valence-corrected chi connectivity index (χ1v) is 9.96. The van der Waals surface area contributed by atoms with Crippen LogP contribution in [0.3, 0.4) is 0 Å². The highest BCUT2D eigenvalue weighted by Crippen LogP contribution is 2.49. The van der Waals surface area contributed by atoms with Gasteiger partial charge < -0.3 is 9.30 Å². The zero-order chi connectivity index (χ0) is 19.4. The zero-order valence-electron chi connectivity index (χ0n) is 14.9. The van der Waals surface area contributed by atoms with E-state index in [1.54, 1.807) is 10.9 Å². The summed E-state index contributed by atoms with van der Waals surface area (Å²) in [7, 11) is 1.82. The molecule has 138 valence electrons. The average molecular weight is 453 g/mol. The number of halogens is 2. The number of rotatable bonds is 1. The van der Waals surface area contributed by atoms with Crippen LogP contribution in [0.15, 0.2) is 65.4 Å². The Morgan fingerprint density at radius 2 is 1.82 bits per heavy atom. The number of benzene rings is 3. The summed E-state index contributed by atoms with van der Waals surface area (Å²) in [6, 6.07) is 18.0. The number of nitrogens with zero attached hydrogens (tertiary/aromatic N) is 2. The molecule has 1 atom stereocenters. The van der Waals surface area contributed by atoms with Crippen LogP contribution in [0.25, 0.3) is 10.8 Å². The highest BCUT2D eigenvalue weighted by Gasteiger charge is 2.33. The molecule has 0 saturated heterocycles. The second-order valence-electron chi connectivity index (χ2n) is 6.83. The summed E-state index contributed by atoms with van der Waals surface area (Å²) >= 11 is 10.1. The molecule has 1 aliphatic rings. The van der Waals surface area contributed by atoms with Crippen molar-refractivity contribution in [2.24, 2.45) is 7.05 Å². The lowest BCUT2D eigenvalue weighted by Gasteiger charge is -2.29. The summed E-state index contributed by atoms with van der Waals surface area (Å²) in [6.45, 7) is 0. The number of aryl methyl sites for hydroxylation is 1. The van der Waals surface area contributed by atoms with E-state index in [-0.39, 0.29) is 5.92 Å². The summed E-state index contributed by atoms with van der Waals surface area (Å²) in [5, 5.41) is 11.2. The quantitative estimate of drug-likeness (QED) is 0.352. The minimum Gasteiger partial charge on any atom is -0.438 e. The van der Waals surface area contributed by atoms with Crippen molar-refractivity contribution in [2.75, 3.05) is 0 Å². The van der Waals surface area contributed by atoms with E-state index in [9.17, 15) is 0 Å². The van der Waals surface area contributed by atoms with Gasteiger partial charge in [0, 0.05) is 38.8 Å². The van der Waals surface area contributed by atoms with Gasteiger partial charge in [-0.05, 0) is 23.8 Å². The molecule has 0 fully saturated rings. The van der Waals surface area contributed by atoms with Crippen molar-refractivity contribution in [3.8, 4) is 11.6 Å². The molecule has 4 nitrogen and oxygen atoms in total. The number of nitrogens with one attached hydrogen (secondary N) is 1. The van der Waals surface area contributed by atoms with Gasteiger partial charge in [0.25, 0.3) is 0 Å². The summed E-state index contributed by atoms with van der Waals surface area (Å²) in [4.78, 5) is 4.48. The van der Waals surface area contributed by atoms with Gasteiger partial charge in [-0.15, -0.1) is 0 Å². The lowest BCUT2D eigenvalue weighted by atomic mass is 9.83. The third-order valence-electron chi connectivity index (χ3n) is 5.16. The minimum atomic E-state index is -0.193. The van der Waals surface area contributed by atoms with Crippen LogP contribution in [-0.2, 0) is 7.05 Å². The molecule has 0 amide bonds. The fourth-order valence-corrected chi connectivity index (χ4v) is 4.35. The largest absolute Gasteiger partial charge is 0.438 e. The van der Waals surface area contributed by atoms with E-state index < -0.39 is 0 Å². The molecular formula is C22H15BrClN3O. The van der Waals surface area contributed by atoms with Gasteiger partial charge in [0.05, 0.1) is 11.9 Å². The van der Waals surface area contributed by atoms with Crippen LogP contribution in [0.4, 0.5) is 0 Å². The molecule has 4 aromatic rings. The first kappa shape index (κ1) is 17.5. The Morgan fingerprint density at radius 1 is 1.11 bits per heavy atom. The van der Waals surface area contributed by atoms with Crippen molar-refractivity contribution in [1.29, 1.82) is 5.41 Å². The summed E-state index contributed by atoms with van der Waals surface area (Å²) < 4.78 is 8.94. The third kappa shape index (κ3) is 2.58. The number of fused-ring (bicyclic) bond motifs is 4. The van der Waals surface area contributed by atoms with Gasteiger partial charge >= 0.3 is 0 Å². The molecule has 0 radical (unpaired) electrons. The predicted molar refractivity (Wildman–Crippen MR) is 113 cm³/mol. The standard InChI is InChI=1S/C22H15BrClN3O/c1-27-11-26-22-19(21(27)25)18(12-6-8-13(23)9-7-12)16-10-17(24)14-4-2-3-5-15(14)20(16)28-22/h2-11,18,25H,1H3. The Labute approximate surface area is 175 Å². The molecule has 0 aliphatic carbocycles. The van der Waals surface area contributed by atoms with Gasteiger partial charge in [-0.1, -0.05) is 63.9 Å². The molecule has 0 saturated carbocycles. The van der Waals surface area contributed by atoms with Gasteiger partial charge in [0.2, 0.25) is 5.88 Å². The molecule has 1 aliphatic heterocycles. The van der Waals surface area contributed by atoms with Crippen LogP contribution in [0, 0.1) is 5.41 Å². The van der Waals surface area contributed by atoms with Crippen LogP contribution in [0.5, 0.6) is 11.6 Å². The van der Waals surface area contributed by atoms with Gasteiger partial charge in [-0.25, -0.2) is 4.98 Å². The molecule has 6 heteroatoms. The number of hydrogen-bond acceptors (Lipinski definition) is 3. The maximum Gasteiger partial charge on any atom is 0.228 e. The van der Waals surface area contributed by atoms with E-state index in [1.807, 2.05) is 49.5 Å². The number of aromatic nitrogens is 2. The van der Waals surface area contributed by atoms with E-state index in [0.29, 0.717) is 16.4 Å². The second kappa shape index (κ2) is 6.47. The van der Waals surface area contributed by atoms with Crippen LogP contribution < -0.4 is 10.2 Å². The molecule has 1 aromatic heterocycles. The monoisotopic (exact) mass is 451 g/mol. The van der Waals surface area contributed by atoms with E-state index in [2.05, 4.69) is 33.0 Å². The summed E-state index contributed by atoms with van der Waals surface area (Å²) in [5.74, 6) is 1.03. The van der Waals surface area contributed by atoms with Gasteiger partial charge in [-0.3, -0.25) is 5.41 Å². The molecule has 5 rings (SSSR count). The Hall–Kier alpha value is -2.63. The van der Waals surface area contributed by atoms with E-state index in [1.165, 1.54) is 0 Å². The summed E-state index contributed by atoms with van der Waals surface area (Å²) in [6.07, 6.45) is 1.61. The van der Waals surface area contributed by atoms with Gasteiger partial charge in [0.1, 0.15) is 11.2 Å². The maximum absolute atomic E-state index is 8.65. The van der Waals surface area contributed by atoms with E-state index in [0.717, 1.165) is 37.7 Å². The second-order valence-corrected chi connectivity index (χ2v) is 8.15. The SMILES string of the molecule is Cn1cnc2c(c1=N)C(c1ccc(Br)cc1)c1cc(Cl)c3ccccc3c1O2. The van der Waals surface area contributed by atoms with Crippen molar-refractivity contribution in [3.63, 3.8) is 0 Å². The predicted octanol–water partition coefficient (Wildman–Crippen LogP) is 5.75. The average Bonchev–Trinajstić information content (AvgIpc) is 2.71. The van der Waals surface area contributed by atoms with Gasteiger partial charge in [0.15, 0.2) is 0 Å². The number of ether oxygens (including phenoxy) is 1. The van der Waals surface area contributed by atoms with Crippen molar-refractivity contribution in [3.05, 3.63) is 92.6 Å². The molecule has 1 unspecified atom stereocenters. The first-order chi connectivity index (χ1) is 13.5. The number of hydrogen-bond donors (Lipinski definition) is 1. The van der Waals surface area contributed by atoms with Crippen molar-refractivity contribution < 1.29 is 4.74 Å². The highest BCUT2D eigenvalue weighted by atomic mass is 79.9. The van der Waals surface area contributed by atoms with Crippen LogP contribution in [-0.4, -0.2) is 9.55 Å². The van der Waals surface area contributed by atoms with Gasteiger partial charge in [-0.2, -0.15) is 0 Å². The maximum atomic E-state index is 8.65. The minimum absolute atomic E-state index is 0.193. The lowest BCUT2D eigenvalue weighted by Crippen LogP contribution is -2.28.